The number of alkyl halides is 5. The summed E-state index contributed by atoms with van der Waals surface area (Å²) in [4.78, 5) is 24.6. The number of benzene rings is 3. The van der Waals surface area contributed by atoms with E-state index in [-0.39, 0.29) is 36.9 Å². The van der Waals surface area contributed by atoms with Gasteiger partial charge < -0.3 is 18.7 Å². The molecule has 14 heteroatoms. The summed E-state index contributed by atoms with van der Waals surface area (Å²) >= 11 is 0. The zero-order valence-corrected chi connectivity index (χ0v) is 27.9. The molecule has 4 heterocycles. The van der Waals surface area contributed by atoms with E-state index in [1.165, 1.54) is 6.07 Å². The van der Waals surface area contributed by atoms with Crippen LogP contribution in [0.3, 0.4) is 0 Å². The fraction of sp³-hybridized carbons (Fsp3) is 0.378. The van der Waals surface area contributed by atoms with Crippen molar-refractivity contribution in [1.82, 2.24) is 19.8 Å². The van der Waals surface area contributed by atoms with Crippen LogP contribution in [0.5, 0.6) is 5.75 Å². The van der Waals surface area contributed by atoms with E-state index in [1.807, 2.05) is 50.2 Å². The number of aliphatic carboxylic acids is 1. The monoisotopic (exact) mass is 710 g/mol. The zero-order valence-electron chi connectivity index (χ0n) is 27.9. The zero-order chi connectivity index (χ0) is 36.0. The van der Waals surface area contributed by atoms with Crippen LogP contribution in [0.1, 0.15) is 47.4 Å². The Balaban J connectivity index is 1.19. The van der Waals surface area contributed by atoms with Gasteiger partial charge in [-0.1, -0.05) is 24.3 Å². The van der Waals surface area contributed by atoms with E-state index in [2.05, 4.69) is 0 Å². The number of nitrogens with zero attached hydrogens (tertiary/aromatic N) is 4. The van der Waals surface area contributed by atoms with Gasteiger partial charge in [-0.2, -0.15) is 22.0 Å². The Hall–Kier alpha value is -4.82. The standard InChI is InChI=1S/C37H35F5N4O5/c1-20-23(24-7-4-9-26(21(24)2)34-44-28-19-45(14-11-30(28)49-34)15-12-37(40,41)42)6-3-8-25(20)33-43-27-16-22(18-46-13-5-10-29(46)35(47)48)31(51-36(38)39)17-32(27)50-33/h3-4,6-9,16-17,29,36H,5,10-15,18-19H2,1-2H3,(H,47,48). The van der Waals surface area contributed by atoms with E-state index in [4.69, 9.17) is 23.5 Å². The number of likely N-dealkylation sites (tertiary alicyclic amines) is 1. The lowest BCUT2D eigenvalue weighted by Crippen LogP contribution is -2.35. The smallest absolute Gasteiger partial charge is 0.390 e. The summed E-state index contributed by atoms with van der Waals surface area (Å²) in [5.41, 5.74) is 6.67. The van der Waals surface area contributed by atoms with E-state index in [1.54, 1.807) is 15.9 Å². The maximum atomic E-state index is 13.4. The number of carboxylic acid groups (broad SMARTS) is 1. The highest BCUT2D eigenvalue weighted by Crippen LogP contribution is 2.39. The third kappa shape index (κ3) is 7.20. The van der Waals surface area contributed by atoms with Gasteiger partial charge in [0.15, 0.2) is 5.58 Å². The lowest BCUT2D eigenvalue weighted by Gasteiger charge is -2.25. The maximum Gasteiger partial charge on any atom is 0.390 e. The molecule has 2 aromatic heterocycles. The number of rotatable bonds is 10. The Morgan fingerprint density at radius 1 is 0.980 bits per heavy atom. The Kier molecular flexibility index (Phi) is 9.31. The minimum Gasteiger partial charge on any atom is -0.480 e. The number of fused-ring (bicyclic) bond motifs is 2. The van der Waals surface area contributed by atoms with Gasteiger partial charge in [0, 0.05) is 55.4 Å². The summed E-state index contributed by atoms with van der Waals surface area (Å²) < 4.78 is 82.4. The molecular formula is C37H35F5N4O5. The van der Waals surface area contributed by atoms with Crippen LogP contribution in [-0.4, -0.2) is 69.3 Å². The molecule has 1 unspecified atom stereocenters. The predicted octanol–water partition coefficient (Wildman–Crippen LogP) is 8.39. The molecule has 1 saturated heterocycles. The van der Waals surface area contributed by atoms with Gasteiger partial charge in [-0.05, 0) is 73.7 Å². The van der Waals surface area contributed by atoms with Gasteiger partial charge in [0.2, 0.25) is 11.8 Å². The highest BCUT2D eigenvalue weighted by molar-refractivity contribution is 5.84. The van der Waals surface area contributed by atoms with Crippen LogP contribution in [-0.2, 0) is 24.3 Å². The predicted molar refractivity (Wildman–Crippen MR) is 177 cm³/mol. The highest BCUT2D eigenvalue weighted by Gasteiger charge is 2.32. The summed E-state index contributed by atoms with van der Waals surface area (Å²) in [6.07, 6.45) is -3.46. The van der Waals surface area contributed by atoms with Crippen LogP contribution >= 0.6 is 0 Å². The second-order valence-corrected chi connectivity index (χ2v) is 13.0. The third-order valence-corrected chi connectivity index (χ3v) is 9.75. The van der Waals surface area contributed by atoms with Crippen molar-refractivity contribution in [2.75, 3.05) is 19.6 Å². The molecule has 7 rings (SSSR count). The largest absolute Gasteiger partial charge is 0.480 e. The first kappa shape index (κ1) is 34.6. The molecule has 2 aliphatic rings. The van der Waals surface area contributed by atoms with Gasteiger partial charge in [-0.3, -0.25) is 14.6 Å². The van der Waals surface area contributed by atoms with E-state index in [9.17, 15) is 31.9 Å². The molecule has 2 aliphatic heterocycles. The van der Waals surface area contributed by atoms with Gasteiger partial charge in [0.05, 0.1) is 12.1 Å². The number of carbonyl (C=O) groups is 1. The molecular weight excluding hydrogens is 675 g/mol. The van der Waals surface area contributed by atoms with Gasteiger partial charge in [-0.25, -0.2) is 9.97 Å². The SMILES string of the molecule is Cc1c(-c2nc3c(o2)CCN(CCC(F)(F)F)C3)cccc1-c1cccc(-c2nc3cc(CN4CCCC4C(=O)O)c(OC(F)F)cc3o2)c1C. The highest BCUT2D eigenvalue weighted by atomic mass is 19.4. The Labute approximate surface area is 289 Å². The average Bonchev–Trinajstić information content (AvgIpc) is 3.82. The van der Waals surface area contributed by atoms with Gasteiger partial charge >= 0.3 is 18.8 Å². The normalized spacial score (nSPS) is 17.1. The summed E-state index contributed by atoms with van der Waals surface area (Å²) in [5, 5.41) is 9.62. The fourth-order valence-corrected chi connectivity index (χ4v) is 7.12. The first-order valence-corrected chi connectivity index (χ1v) is 16.7. The van der Waals surface area contributed by atoms with E-state index in [0.29, 0.717) is 66.3 Å². The van der Waals surface area contributed by atoms with Crippen molar-refractivity contribution in [2.45, 2.75) is 71.4 Å². The van der Waals surface area contributed by atoms with Crippen LogP contribution in [0.4, 0.5) is 22.0 Å². The molecule has 1 atom stereocenters. The molecule has 0 radical (unpaired) electrons. The molecule has 5 aromatic rings. The van der Waals surface area contributed by atoms with Crippen molar-refractivity contribution in [1.29, 1.82) is 0 Å². The number of hydrogen-bond donors (Lipinski definition) is 1. The number of aromatic nitrogens is 2. The second kappa shape index (κ2) is 13.7. The van der Waals surface area contributed by atoms with Crippen LogP contribution in [0.2, 0.25) is 0 Å². The summed E-state index contributed by atoms with van der Waals surface area (Å²) in [6, 6.07) is 13.7. The van der Waals surface area contributed by atoms with E-state index < -0.39 is 31.2 Å². The van der Waals surface area contributed by atoms with Crippen LogP contribution in [0, 0.1) is 13.8 Å². The summed E-state index contributed by atoms with van der Waals surface area (Å²) in [6.45, 7) is 2.08. The molecule has 268 valence electrons. The minimum atomic E-state index is -4.22. The molecule has 3 aromatic carbocycles. The van der Waals surface area contributed by atoms with Crippen molar-refractivity contribution in [3.05, 3.63) is 76.7 Å². The number of carboxylic acids is 1. The van der Waals surface area contributed by atoms with Gasteiger partial charge in [0.1, 0.15) is 23.1 Å². The number of ether oxygens (including phenoxy) is 1. The topological polar surface area (TPSA) is 105 Å². The number of oxazole rings is 2. The van der Waals surface area contributed by atoms with Gasteiger partial charge in [-0.15, -0.1) is 0 Å². The van der Waals surface area contributed by atoms with Crippen molar-refractivity contribution < 1.29 is 45.4 Å². The van der Waals surface area contributed by atoms with Crippen LogP contribution in [0.15, 0.2) is 57.4 Å². The number of halogens is 5. The Morgan fingerprint density at radius 2 is 1.65 bits per heavy atom. The lowest BCUT2D eigenvalue weighted by molar-refractivity contribution is -0.142. The second-order valence-electron chi connectivity index (χ2n) is 13.0. The van der Waals surface area contributed by atoms with E-state index >= 15 is 0 Å². The van der Waals surface area contributed by atoms with E-state index in [0.717, 1.165) is 27.8 Å². The van der Waals surface area contributed by atoms with Crippen LogP contribution in [0.25, 0.3) is 45.1 Å². The molecule has 9 nitrogen and oxygen atoms in total. The molecule has 1 fully saturated rings. The van der Waals surface area contributed by atoms with Gasteiger partial charge in [0.25, 0.3) is 0 Å². The molecule has 0 saturated carbocycles. The van der Waals surface area contributed by atoms with Crippen molar-refractivity contribution in [3.63, 3.8) is 0 Å². The average molecular weight is 711 g/mol. The molecule has 0 aliphatic carbocycles. The summed E-state index contributed by atoms with van der Waals surface area (Å²) in [7, 11) is 0. The van der Waals surface area contributed by atoms with Crippen LogP contribution < -0.4 is 4.74 Å². The molecule has 51 heavy (non-hydrogen) atoms. The Morgan fingerprint density at radius 3 is 2.29 bits per heavy atom. The first-order valence-electron chi connectivity index (χ1n) is 16.7. The molecule has 0 spiro atoms. The fourth-order valence-electron chi connectivity index (χ4n) is 7.12. The van der Waals surface area contributed by atoms with Crippen molar-refractivity contribution in [2.24, 2.45) is 0 Å². The lowest BCUT2D eigenvalue weighted by atomic mass is 9.91. The van der Waals surface area contributed by atoms with Crippen molar-refractivity contribution >= 4 is 17.1 Å². The van der Waals surface area contributed by atoms with Crippen molar-refractivity contribution in [3.8, 4) is 39.8 Å². The number of hydrogen-bond acceptors (Lipinski definition) is 8. The maximum absolute atomic E-state index is 13.4. The first-order chi connectivity index (χ1) is 24.3. The quantitative estimate of drug-likeness (QED) is 0.143. The minimum absolute atomic E-state index is 0.0903. The summed E-state index contributed by atoms with van der Waals surface area (Å²) in [5.74, 6) is 0.305. The molecule has 0 bridgehead atoms. The third-order valence-electron chi connectivity index (χ3n) is 9.75. The molecule has 1 N–H and O–H groups in total. The molecule has 0 amide bonds. The Bertz CT molecular complexity index is 2090.